The highest BCUT2D eigenvalue weighted by molar-refractivity contribution is 5.24. The zero-order chi connectivity index (χ0) is 12.8. The van der Waals surface area contributed by atoms with Crippen molar-refractivity contribution in [3.63, 3.8) is 0 Å². The molecule has 2 aromatic rings. The lowest BCUT2D eigenvalue weighted by Crippen LogP contribution is -2.12. The van der Waals surface area contributed by atoms with Crippen LogP contribution in [-0.4, -0.2) is 0 Å². The Kier molecular flexibility index (Phi) is 4.54. The summed E-state index contributed by atoms with van der Waals surface area (Å²) >= 11 is 0. The summed E-state index contributed by atoms with van der Waals surface area (Å²) in [5.74, 6) is 0. The molecule has 2 aromatic carbocycles. The van der Waals surface area contributed by atoms with Crippen molar-refractivity contribution in [1.82, 2.24) is 5.32 Å². The largest absolute Gasteiger partial charge is 0.309 e. The minimum Gasteiger partial charge on any atom is -0.309 e. The maximum atomic E-state index is 3.49. The Labute approximate surface area is 110 Å². The first-order chi connectivity index (χ1) is 8.78. The van der Waals surface area contributed by atoms with E-state index in [1.54, 1.807) is 0 Å². The molecule has 18 heavy (non-hydrogen) atoms. The van der Waals surface area contributed by atoms with Crippen molar-refractivity contribution in [2.75, 3.05) is 0 Å². The van der Waals surface area contributed by atoms with E-state index in [1.807, 2.05) is 0 Å². The van der Waals surface area contributed by atoms with Crippen LogP contribution in [0.15, 0.2) is 48.5 Å². The van der Waals surface area contributed by atoms with Gasteiger partial charge in [-0.15, -0.1) is 0 Å². The first-order valence-corrected chi connectivity index (χ1v) is 6.62. The molecule has 0 atom stereocenters. The molecule has 0 aliphatic carbocycles. The van der Waals surface area contributed by atoms with Crippen LogP contribution in [-0.2, 0) is 19.5 Å². The number of nitrogens with one attached hydrogen (secondary N) is 1. The van der Waals surface area contributed by atoms with Crippen LogP contribution < -0.4 is 5.32 Å². The minimum absolute atomic E-state index is 0.927. The number of hydrogen-bond acceptors (Lipinski definition) is 1. The van der Waals surface area contributed by atoms with Gasteiger partial charge in [-0.2, -0.15) is 0 Å². The zero-order valence-corrected chi connectivity index (χ0v) is 11.2. The van der Waals surface area contributed by atoms with E-state index in [4.69, 9.17) is 0 Å². The Morgan fingerprint density at radius 1 is 0.833 bits per heavy atom. The van der Waals surface area contributed by atoms with Crippen LogP contribution in [0.3, 0.4) is 0 Å². The third-order valence-corrected chi connectivity index (χ3v) is 3.18. The SMILES string of the molecule is CCc1cccc(CNCc2ccc(C)cc2)c1. The molecule has 0 amide bonds. The number of hydrogen-bond donors (Lipinski definition) is 1. The molecule has 0 bridgehead atoms. The highest BCUT2D eigenvalue weighted by Gasteiger charge is 1.96. The summed E-state index contributed by atoms with van der Waals surface area (Å²) in [5.41, 5.74) is 5.42. The molecule has 0 aromatic heterocycles. The van der Waals surface area contributed by atoms with Crippen LogP contribution in [0.4, 0.5) is 0 Å². The Bertz CT molecular complexity index is 485. The van der Waals surface area contributed by atoms with Gasteiger partial charge in [-0.1, -0.05) is 61.0 Å². The van der Waals surface area contributed by atoms with Crippen LogP contribution in [0.25, 0.3) is 0 Å². The Balaban J connectivity index is 1.86. The fourth-order valence-corrected chi connectivity index (χ4v) is 2.02. The zero-order valence-electron chi connectivity index (χ0n) is 11.2. The molecule has 0 saturated carbocycles. The second-order valence-electron chi connectivity index (χ2n) is 4.76. The van der Waals surface area contributed by atoms with E-state index in [0.717, 1.165) is 19.5 Å². The number of aryl methyl sites for hydroxylation is 2. The summed E-state index contributed by atoms with van der Waals surface area (Å²) < 4.78 is 0. The molecule has 1 nitrogen and oxygen atoms in total. The molecule has 0 unspecified atom stereocenters. The molecule has 0 heterocycles. The van der Waals surface area contributed by atoms with Gasteiger partial charge >= 0.3 is 0 Å². The molecule has 0 radical (unpaired) electrons. The van der Waals surface area contributed by atoms with E-state index >= 15 is 0 Å². The van der Waals surface area contributed by atoms with Gasteiger partial charge in [0.05, 0.1) is 0 Å². The third kappa shape index (κ3) is 3.71. The second-order valence-corrected chi connectivity index (χ2v) is 4.76. The summed E-state index contributed by atoms with van der Waals surface area (Å²) in [7, 11) is 0. The molecule has 0 aliphatic rings. The van der Waals surface area contributed by atoms with Crippen LogP contribution >= 0.6 is 0 Å². The third-order valence-electron chi connectivity index (χ3n) is 3.18. The lowest BCUT2D eigenvalue weighted by molar-refractivity contribution is 0.692. The van der Waals surface area contributed by atoms with Gasteiger partial charge < -0.3 is 5.32 Å². The average molecular weight is 239 g/mol. The lowest BCUT2D eigenvalue weighted by atomic mass is 10.1. The molecule has 0 spiro atoms. The monoisotopic (exact) mass is 239 g/mol. The van der Waals surface area contributed by atoms with Crippen molar-refractivity contribution >= 4 is 0 Å². The van der Waals surface area contributed by atoms with Gasteiger partial charge in [0.1, 0.15) is 0 Å². The Hall–Kier alpha value is -1.60. The van der Waals surface area contributed by atoms with Gasteiger partial charge in [-0.25, -0.2) is 0 Å². The molecular weight excluding hydrogens is 218 g/mol. The summed E-state index contributed by atoms with van der Waals surface area (Å²) in [4.78, 5) is 0. The van der Waals surface area contributed by atoms with E-state index in [2.05, 4.69) is 67.7 Å². The minimum atomic E-state index is 0.927. The van der Waals surface area contributed by atoms with Gasteiger partial charge in [0.2, 0.25) is 0 Å². The van der Waals surface area contributed by atoms with E-state index in [0.29, 0.717) is 0 Å². The van der Waals surface area contributed by atoms with Gasteiger partial charge in [0.15, 0.2) is 0 Å². The molecule has 94 valence electrons. The Morgan fingerprint density at radius 3 is 2.22 bits per heavy atom. The van der Waals surface area contributed by atoms with Crippen molar-refractivity contribution in [1.29, 1.82) is 0 Å². The first kappa shape index (κ1) is 12.8. The predicted octanol–water partition coefficient (Wildman–Crippen LogP) is 3.85. The lowest BCUT2D eigenvalue weighted by Gasteiger charge is -2.07. The van der Waals surface area contributed by atoms with Gasteiger partial charge in [0.25, 0.3) is 0 Å². The van der Waals surface area contributed by atoms with Crippen molar-refractivity contribution in [2.45, 2.75) is 33.4 Å². The van der Waals surface area contributed by atoms with Crippen molar-refractivity contribution < 1.29 is 0 Å². The normalized spacial score (nSPS) is 10.6. The quantitative estimate of drug-likeness (QED) is 0.835. The predicted molar refractivity (Wildman–Crippen MR) is 77.5 cm³/mol. The van der Waals surface area contributed by atoms with Crippen molar-refractivity contribution in [3.05, 3.63) is 70.8 Å². The maximum absolute atomic E-state index is 3.49. The molecule has 0 aliphatic heterocycles. The van der Waals surface area contributed by atoms with Crippen LogP contribution in [0.5, 0.6) is 0 Å². The average Bonchev–Trinajstić information content (AvgIpc) is 2.41. The maximum Gasteiger partial charge on any atom is 0.0208 e. The molecule has 1 N–H and O–H groups in total. The standard InChI is InChI=1S/C17H21N/c1-3-15-5-4-6-17(11-15)13-18-12-16-9-7-14(2)8-10-16/h4-11,18H,3,12-13H2,1-2H3. The van der Waals surface area contributed by atoms with Crippen LogP contribution in [0, 0.1) is 6.92 Å². The molecule has 0 saturated heterocycles. The fraction of sp³-hybridized carbons (Fsp3) is 0.294. The summed E-state index contributed by atoms with van der Waals surface area (Å²) in [6.07, 6.45) is 1.10. The fourth-order valence-electron chi connectivity index (χ4n) is 2.02. The van der Waals surface area contributed by atoms with Crippen molar-refractivity contribution in [2.24, 2.45) is 0 Å². The second kappa shape index (κ2) is 6.36. The summed E-state index contributed by atoms with van der Waals surface area (Å²) in [5, 5.41) is 3.49. The number of rotatable bonds is 5. The summed E-state index contributed by atoms with van der Waals surface area (Å²) in [6.45, 7) is 6.17. The molecule has 0 fully saturated rings. The molecule has 1 heteroatoms. The van der Waals surface area contributed by atoms with Crippen LogP contribution in [0.2, 0.25) is 0 Å². The Morgan fingerprint density at radius 2 is 1.50 bits per heavy atom. The van der Waals surface area contributed by atoms with Crippen LogP contribution in [0.1, 0.15) is 29.2 Å². The van der Waals surface area contributed by atoms with E-state index in [-0.39, 0.29) is 0 Å². The van der Waals surface area contributed by atoms with E-state index in [1.165, 1.54) is 22.3 Å². The topological polar surface area (TPSA) is 12.0 Å². The molecule has 2 rings (SSSR count). The van der Waals surface area contributed by atoms with E-state index < -0.39 is 0 Å². The van der Waals surface area contributed by atoms with E-state index in [9.17, 15) is 0 Å². The highest BCUT2D eigenvalue weighted by atomic mass is 14.8. The van der Waals surface area contributed by atoms with Gasteiger partial charge in [-0.05, 0) is 30.0 Å². The smallest absolute Gasteiger partial charge is 0.0208 e. The van der Waals surface area contributed by atoms with Gasteiger partial charge in [0, 0.05) is 13.1 Å². The summed E-state index contributed by atoms with van der Waals surface area (Å²) in [6, 6.07) is 17.5. The first-order valence-electron chi connectivity index (χ1n) is 6.62. The molecular formula is C17H21N. The number of benzene rings is 2. The highest BCUT2D eigenvalue weighted by Crippen LogP contribution is 2.07. The van der Waals surface area contributed by atoms with Crippen molar-refractivity contribution in [3.8, 4) is 0 Å². The van der Waals surface area contributed by atoms with Gasteiger partial charge in [-0.3, -0.25) is 0 Å².